The van der Waals surface area contributed by atoms with Crippen molar-refractivity contribution in [2.75, 3.05) is 13.2 Å². The quantitative estimate of drug-likeness (QED) is 0.287. The van der Waals surface area contributed by atoms with Gasteiger partial charge in [0.1, 0.15) is 0 Å². The highest BCUT2D eigenvalue weighted by molar-refractivity contribution is 5.94. The van der Waals surface area contributed by atoms with Crippen LogP contribution >= 0.6 is 0 Å². The summed E-state index contributed by atoms with van der Waals surface area (Å²) in [6.45, 7) is 4.07. The fraction of sp³-hybridized carbons (Fsp3) is 0.276. The average molecular weight is 489 g/mol. The first-order valence-electron chi connectivity index (χ1n) is 12.0. The summed E-state index contributed by atoms with van der Waals surface area (Å²) in [5.41, 5.74) is 8.64. The molecule has 1 heterocycles. The number of aromatic amines is 1. The third-order valence-electron chi connectivity index (χ3n) is 6.01. The summed E-state index contributed by atoms with van der Waals surface area (Å²) >= 11 is 0. The molecule has 1 atom stereocenters. The molecule has 0 radical (unpaired) electrons. The predicted octanol–water partition coefficient (Wildman–Crippen LogP) is 4.56. The first-order chi connectivity index (χ1) is 17.4. The number of hydrogen-bond donors (Lipinski definition) is 2. The number of carbonyl (C=O) groups is 3. The molecule has 188 valence electrons. The van der Waals surface area contributed by atoms with Crippen molar-refractivity contribution in [3.05, 3.63) is 101 Å². The molecule has 0 fully saturated rings. The summed E-state index contributed by atoms with van der Waals surface area (Å²) < 4.78 is 10.2. The van der Waals surface area contributed by atoms with Crippen LogP contribution in [0.15, 0.2) is 72.9 Å². The number of rotatable bonds is 12. The van der Waals surface area contributed by atoms with Crippen LogP contribution in [0.25, 0.3) is 6.08 Å². The van der Waals surface area contributed by atoms with Gasteiger partial charge in [-0.05, 0) is 73.7 Å². The minimum Gasteiger partial charge on any atom is -0.466 e. The molecule has 0 aliphatic carbocycles. The lowest BCUT2D eigenvalue weighted by molar-refractivity contribution is -0.143. The molecular formula is C29H32N2O5. The Labute approximate surface area is 211 Å². The molecule has 0 bridgehead atoms. The van der Waals surface area contributed by atoms with Crippen molar-refractivity contribution in [3.63, 3.8) is 0 Å². The van der Waals surface area contributed by atoms with Crippen LogP contribution in [0.2, 0.25) is 0 Å². The van der Waals surface area contributed by atoms with E-state index in [1.165, 1.54) is 6.08 Å². The number of H-pyrrole nitrogens is 1. The molecule has 0 aliphatic heterocycles. The molecule has 0 spiro atoms. The summed E-state index contributed by atoms with van der Waals surface area (Å²) in [5, 5.41) is 0. The van der Waals surface area contributed by atoms with Gasteiger partial charge in [0.15, 0.2) is 0 Å². The molecule has 3 rings (SSSR count). The molecule has 0 saturated heterocycles. The van der Waals surface area contributed by atoms with E-state index in [4.69, 9.17) is 15.2 Å². The smallest absolute Gasteiger partial charge is 0.330 e. The van der Waals surface area contributed by atoms with Crippen LogP contribution in [0.3, 0.4) is 0 Å². The molecule has 1 amide bonds. The molecule has 7 heteroatoms. The molecular weight excluding hydrogens is 456 g/mol. The molecule has 36 heavy (non-hydrogen) atoms. The van der Waals surface area contributed by atoms with E-state index in [0.717, 1.165) is 16.8 Å². The van der Waals surface area contributed by atoms with E-state index in [0.29, 0.717) is 30.6 Å². The lowest BCUT2D eigenvalue weighted by atomic mass is 9.69. The van der Waals surface area contributed by atoms with Crippen LogP contribution < -0.4 is 5.73 Å². The van der Waals surface area contributed by atoms with Crippen molar-refractivity contribution in [1.29, 1.82) is 0 Å². The van der Waals surface area contributed by atoms with Crippen molar-refractivity contribution >= 4 is 23.9 Å². The van der Waals surface area contributed by atoms with Gasteiger partial charge in [-0.2, -0.15) is 0 Å². The SMILES string of the molecule is CCOC(=O)C=Cc1cc(C(N)=O)cc(C(CCC(=O)OCC)(Cc2ccccc2)c2ccc[nH]2)c1. The molecule has 1 aromatic heterocycles. The number of esters is 2. The molecule has 3 aromatic rings. The largest absolute Gasteiger partial charge is 0.466 e. The Kier molecular flexibility index (Phi) is 9.22. The number of carbonyl (C=O) groups excluding carboxylic acids is 3. The Morgan fingerprint density at radius 2 is 1.72 bits per heavy atom. The topological polar surface area (TPSA) is 111 Å². The van der Waals surface area contributed by atoms with Gasteiger partial charge in [-0.15, -0.1) is 0 Å². The van der Waals surface area contributed by atoms with Gasteiger partial charge in [0.25, 0.3) is 0 Å². The second-order valence-electron chi connectivity index (χ2n) is 8.43. The van der Waals surface area contributed by atoms with Crippen molar-refractivity contribution < 1.29 is 23.9 Å². The minimum atomic E-state index is -0.713. The van der Waals surface area contributed by atoms with Crippen molar-refractivity contribution in [1.82, 2.24) is 4.98 Å². The van der Waals surface area contributed by atoms with Crippen molar-refractivity contribution in [2.24, 2.45) is 5.73 Å². The Bertz CT molecular complexity index is 1200. The minimum absolute atomic E-state index is 0.175. The molecule has 7 nitrogen and oxygen atoms in total. The Balaban J connectivity index is 2.19. The highest BCUT2D eigenvalue weighted by Gasteiger charge is 2.37. The fourth-order valence-corrected chi connectivity index (χ4v) is 4.36. The number of hydrogen-bond acceptors (Lipinski definition) is 5. The highest BCUT2D eigenvalue weighted by Crippen LogP contribution is 2.40. The van der Waals surface area contributed by atoms with Crippen LogP contribution in [0.1, 0.15) is 59.4 Å². The van der Waals surface area contributed by atoms with Crippen LogP contribution in [-0.2, 0) is 30.9 Å². The molecule has 0 aliphatic rings. The number of nitrogens with two attached hydrogens (primary N) is 1. The van der Waals surface area contributed by atoms with E-state index >= 15 is 0 Å². The van der Waals surface area contributed by atoms with Gasteiger partial charge >= 0.3 is 11.9 Å². The van der Waals surface area contributed by atoms with Crippen LogP contribution in [0.4, 0.5) is 0 Å². The Morgan fingerprint density at radius 1 is 0.972 bits per heavy atom. The lowest BCUT2D eigenvalue weighted by Crippen LogP contribution is -2.33. The van der Waals surface area contributed by atoms with Crippen LogP contribution in [0, 0.1) is 0 Å². The third kappa shape index (κ3) is 6.72. The number of benzene rings is 2. The lowest BCUT2D eigenvalue weighted by Gasteiger charge is -2.35. The number of primary amides is 1. The normalized spacial score (nSPS) is 12.7. The van der Waals surface area contributed by atoms with E-state index in [9.17, 15) is 14.4 Å². The van der Waals surface area contributed by atoms with Gasteiger partial charge in [-0.3, -0.25) is 9.59 Å². The summed E-state index contributed by atoms with van der Waals surface area (Å²) in [6.07, 6.45) is 5.90. The van der Waals surface area contributed by atoms with E-state index in [2.05, 4.69) is 4.98 Å². The van der Waals surface area contributed by atoms with Gasteiger partial charge in [-0.1, -0.05) is 36.4 Å². The number of nitrogens with one attached hydrogen (secondary N) is 1. The third-order valence-corrected chi connectivity index (χ3v) is 6.01. The van der Waals surface area contributed by atoms with E-state index < -0.39 is 17.3 Å². The average Bonchev–Trinajstić information content (AvgIpc) is 3.42. The zero-order valence-electron chi connectivity index (χ0n) is 20.7. The van der Waals surface area contributed by atoms with Gasteiger partial charge in [0, 0.05) is 35.4 Å². The summed E-state index contributed by atoms with van der Waals surface area (Å²) in [7, 11) is 0. The maximum atomic E-state index is 12.5. The standard InChI is InChI=1S/C29H32N2O5/c1-3-35-26(32)13-12-22-17-23(28(30)34)19-24(18-22)29(25-11-8-16-31-25,15-14-27(33)36-4-2)20-21-9-6-5-7-10-21/h5-13,16-19,31H,3-4,14-15,20H2,1-2H3,(H2,30,34). The van der Waals surface area contributed by atoms with E-state index in [1.54, 1.807) is 32.1 Å². The van der Waals surface area contributed by atoms with Gasteiger partial charge < -0.3 is 20.2 Å². The van der Waals surface area contributed by atoms with Gasteiger partial charge in [0.2, 0.25) is 5.91 Å². The highest BCUT2D eigenvalue weighted by atomic mass is 16.5. The van der Waals surface area contributed by atoms with Gasteiger partial charge in [0.05, 0.1) is 13.2 Å². The zero-order chi connectivity index (χ0) is 26.0. The molecule has 1 unspecified atom stereocenters. The summed E-state index contributed by atoms with van der Waals surface area (Å²) in [6, 6.07) is 19.1. The van der Waals surface area contributed by atoms with E-state index in [1.807, 2.05) is 54.7 Å². The maximum Gasteiger partial charge on any atom is 0.330 e. The fourth-order valence-electron chi connectivity index (χ4n) is 4.36. The molecule has 2 aromatic carbocycles. The van der Waals surface area contributed by atoms with Crippen LogP contribution in [-0.4, -0.2) is 36.0 Å². The zero-order valence-corrected chi connectivity index (χ0v) is 20.7. The first kappa shape index (κ1) is 26.5. The summed E-state index contributed by atoms with van der Waals surface area (Å²) in [4.78, 5) is 40.0. The monoisotopic (exact) mass is 488 g/mol. The van der Waals surface area contributed by atoms with Crippen LogP contribution in [0.5, 0.6) is 0 Å². The predicted molar refractivity (Wildman–Crippen MR) is 138 cm³/mol. The molecule has 0 saturated carbocycles. The van der Waals surface area contributed by atoms with Crippen molar-refractivity contribution in [2.45, 2.75) is 38.5 Å². The number of amides is 1. The summed E-state index contributed by atoms with van der Waals surface area (Å²) in [5.74, 6) is -1.37. The Morgan fingerprint density at radius 3 is 2.36 bits per heavy atom. The Hall–Kier alpha value is -4.13. The van der Waals surface area contributed by atoms with Crippen molar-refractivity contribution in [3.8, 4) is 0 Å². The second kappa shape index (κ2) is 12.5. The molecule has 3 N–H and O–H groups in total. The van der Waals surface area contributed by atoms with Gasteiger partial charge in [-0.25, -0.2) is 4.79 Å². The second-order valence-corrected chi connectivity index (χ2v) is 8.43. The number of ether oxygens (including phenoxy) is 2. The first-order valence-corrected chi connectivity index (χ1v) is 12.0. The van der Waals surface area contributed by atoms with E-state index in [-0.39, 0.29) is 19.0 Å². The number of aromatic nitrogens is 1. The maximum absolute atomic E-state index is 12.5.